The number of hydrogen-bond acceptors (Lipinski definition) is 1. The highest BCUT2D eigenvalue weighted by atomic mass is 14.9. The number of aryl methyl sites for hydroxylation is 1. The molecule has 1 aromatic rings. The summed E-state index contributed by atoms with van der Waals surface area (Å²) in [5.74, 6) is 4.06. The molecule has 4 aliphatic carbocycles. The van der Waals surface area contributed by atoms with Crippen LogP contribution in [-0.4, -0.2) is 6.04 Å². The molecule has 1 nitrogen and oxygen atoms in total. The summed E-state index contributed by atoms with van der Waals surface area (Å²) in [4.78, 5) is 0. The van der Waals surface area contributed by atoms with Gasteiger partial charge in [-0.1, -0.05) is 25.5 Å². The number of hydrogen-bond donors (Lipinski definition) is 1. The smallest absolute Gasteiger partial charge is 0.0342 e. The molecule has 1 N–H and O–H groups in total. The van der Waals surface area contributed by atoms with E-state index in [2.05, 4.69) is 36.5 Å². The summed E-state index contributed by atoms with van der Waals surface area (Å²) >= 11 is 0. The zero-order valence-corrected chi connectivity index (χ0v) is 13.4. The Labute approximate surface area is 129 Å². The van der Waals surface area contributed by atoms with Crippen LogP contribution in [0.1, 0.15) is 57.4 Å². The quantitative estimate of drug-likeness (QED) is 0.776. The van der Waals surface area contributed by atoms with E-state index in [9.17, 15) is 0 Å². The lowest BCUT2D eigenvalue weighted by Gasteiger charge is -2.54. The average molecular weight is 283 g/mol. The van der Waals surface area contributed by atoms with Gasteiger partial charge in [0.1, 0.15) is 0 Å². The molecule has 4 bridgehead atoms. The minimum absolute atomic E-state index is 0.763. The van der Waals surface area contributed by atoms with E-state index in [4.69, 9.17) is 0 Å². The van der Waals surface area contributed by atoms with Gasteiger partial charge in [0.15, 0.2) is 0 Å². The van der Waals surface area contributed by atoms with Crippen LogP contribution in [0.15, 0.2) is 24.3 Å². The van der Waals surface area contributed by atoms with Crippen LogP contribution >= 0.6 is 0 Å². The molecular formula is C20H29N. The Kier molecular flexibility index (Phi) is 3.69. The molecule has 0 amide bonds. The number of anilines is 1. The molecule has 4 fully saturated rings. The standard InChI is InChI=1S/C20H29N/c1-2-3-4-14-5-7-19(8-6-14)21-20-17-10-15-9-16(12-17)13-18(20)11-15/h5-8,15-18,20-21H,2-4,9-13H2,1H3. The van der Waals surface area contributed by atoms with Crippen LogP contribution in [0.3, 0.4) is 0 Å². The number of rotatable bonds is 5. The van der Waals surface area contributed by atoms with Crippen molar-refractivity contribution in [1.29, 1.82) is 0 Å². The topological polar surface area (TPSA) is 12.0 Å². The van der Waals surface area contributed by atoms with Crippen molar-refractivity contribution in [1.82, 2.24) is 0 Å². The first-order chi connectivity index (χ1) is 10.3. The fourth-order valence-corrected chi connectivity index (χ4v) is 5.50. The van der Waals surface area contributed by atoms with E-state index in [0.717, 1.165) is 29.7 Å². The molecule has 0 atom stereocenters. The van der Waals surface area contributed by atoms with Gasteiger partial charge in [-0.25, -0.2) is 0 Å². The van der Waals surface area contributed by atoms with Crippen molar-refractivity contribution in [2.75, 3.05) is 5.32 Å². The third-order valence-corrected chi connectivity index (χ3v) is 6.33. The fourth-order valence-electron chi connectivity index (χ4n) is 5.50. The van der Waals surface area contributed by atoms with Gasteiger partial charge in [-0.3, -0.25) is 0 Å². The third-order valence-electron chi connectivity index (χ3n) is 6.33. The Morgan fingerprint density at radius 1 is 0.905 bits per heavy atom. The second kappa shape index (κ2) is 5.66. The lowest BCUT2D eigenvalue weighted by molar-refractivity contribution is 0.00754. The molecule has 0 unspecified atom stereocenters. The first-order valence-corrected chi connectivity index (χ1v) is 9.17. The predicted octanol–water partition coefficient (Wildman–Crippen LogP) is 5.27. The maximum atomic E-state index is 3.91. The second-order valence-electron chi connectivity index (χ2n) is 7.90. The monoisotopic (exact) mass is 283 g/mol. The van der Waals surface area contributed by atoms with E-state index >= 15 is 0 Å². The van der Waals surface area contributed by atoms with Gasteiger partial charge >= 0.3 is 0 Å². The molecule has 0 spiro atoms. The lowest BCUT2D eigenvalue weighted by atomic mass is 9.54. The van der Waals surface area contributed by atoms with E-state index in [-0.39, 0.29) is 0 Å². The maximum absolute atomic E-state index is 3.91. The summed E-state index contributed by atoms with van der Waals surface area (Å²) in [6, 6.07) is 10.0. The third kappa shape index (κ3) is 2.72. The van der Waals surface area contributed by atoms with Crippen molar-refractivity contribution in [2.24, 2.45) is 23.7 Å². The van der Waals surface area contributed by atoms with Crippen LogP contribution in [0, 0.1) is 23.7 Å². The van der Waals surface area contributed by atoms with Gasteiger partial charge in [0, 0.05) is 11.7 Å². The highest BCUT2D eigenvalue weighted by Gasteiger charge is 2.48. The highest BCUT2D eigenvalue weighted by Crippen LogP contribution is 2.54. The molecule has 0 aliphatic heterocycles. The van der Waals surface area contributed by atoms with Crippen molar-refractivity contribution in [3.63, 3.8) is 0 Å². The van der Waals surface area contributed by atoms with E-state index in [1.165, 1.54) is 56.2 Å². The minimum Gasteiger partial charge on any atom is -0.382 e. The molecule has 0 saturated heterocycles. The zero-order valence-electron chi connectivity index (χ0n) is 13.4. The summed E-state index contributed by atoms with van der Waals surface area (Å²) in [6.07, 6.45) is 11.4. The summed E-state index contributed by atoms with van der Waals surface area (Å²) < 4.78 is 0. The van der Waals surface area contributed by atoms with Crippen LogP contribution in [0.5, 0.6) is 0 Å². The number of benzene rings is 1. The zero-order chi connectivity index (χ0) is 14.2. The largest absolute Gasteiger partial charge is 0.382 e. The van der Waals surface area contributed by atoms with Crippen molar-refractivity contribution in [3.8, 4) is 0 Å². The summed E-state index contributed by atoms with van der Waals surface area (Å²) in [5, 5.41) is 3.91. The number of nitrogens with one attached hydrogen (secondary N) is 1. The van der Waals surface area contributed by atoms with E-state index in [1.807, 2.05) is 0 Å². The van der Waals surface area contributed by atoms with Crippen LogP contribution in [0.4, 0.5) is 5.69 Å². The second-order valence-corrected chi connectivity index (χ2v) is 7.90. The molecule has 0 radical (unpaired) electrons. The normalized spacial score (nSPS) is 36.9. The SMILES string of the molecule is CCCCc1ccc(NC2C3CC4CC(C3)CC2C4)cc1. The maximum Gasteiger partial charge on any atom is 0.0342 e. The van der Waals surface area contributed by atoms with Crippen LogP contribution in [-0.2, 0) is 6.42 Å². The fraction of sp³-hybridized carbons (Fsp3) is 0.700. The van der Waals surface area contributed by atoms with Gasteiger partial charge in [-0.15, -0.1) is 0 Å². The Balaban J connectivity index is 1.41. The van der Waals surface area contributed by atoms with Gasteiger partial charge in [0.2, 0.25) is 0 Å². The average Bonchev–Trinajstić information content (AvgIpc) is 2.49. The number of unbranched alkanes of at least 4 members (excludes halogenated alkanes) is 1. The molecular weight excluding hydrogens is 254 g/mol. The summed E-state index contributed by atoms with van der Waals surface area (Å²) in [6.45, 7) is 2.27. The first-order valence-electron chi connectivity index (χ1n) is 9.17. The van der Waals surface area contributed by atoms with Crippen LogP contribution < -0.4 is 5.32 Å². The Hall–Kier alpha value is -0.980. The van der Waals surface area contributed by atoms with Crippen molar-refractivity contribution in [3.05, 3.63) is 29.8 Å². The van der Waals surface area contributed by atoms with Gasteiger partial charge in [0.05, 0.1) is 0 Å². The highest BCUT2D eigenvalue weighted by molar-refractivity contribution is 5.46. The van der Waals surface area contributed by atoms with Crippen molar-refractivity contribution < 1.29 is 0 Å². The Morgan fingerprint density at radius 3 is 2.10 bits per heavy atom. The van der Waals surface area contributed by atoms with Gasteiger partial charge in [-0.2, -0.15) is 0 Å². The molecule has 5 rings (SSSR count). The summed E-state index contributed by atoms with van der Waals surface area (Å²) in [7, 11) is 0. The van der Waals surface area contributed by atoms with Gasteiger partial charge in [-0.05, 0) is 86.3 Å². The molecule has 21 heavy (non-hydrogen) atoms. The summed E-state index contributed by atoms with van der Waals surface area (Å²) in [5.41, 5.74) is 2.85. The predicted molar refractivity (Wildman–Crippen MR) is 89.5 cm³/mol. The van der Waals surface area contributed by atoms with Crippen molar-refractivity contribution in [2.45, 2.75) is 64.3 Å². The molecule has 1 aromatic carbocycles. The van der Waals surface area contributed by atoms with Gasteiger partial charge in [0.25, 0.3) is 0 Å². The van der Waals surface area contributed by atoms with Crippen LogP contribution in [0.2, 0.25) is 0 Å². The molecule has 4 saturated carbocycles. The first kappa shape index (κ1) is 13.7. The van der Waals surface area contributed by atoms with Crippen molar-refractivity contribution >= 4 is 5.69 Å². The lowest BCUT2D eigenvalue weighted by Crippen LogP contribution is -2.51. The molecule has 4 aliphatic rings. The van der Waals surface area contributed by atoms with E-state index < -0.39 is 0 Å². The Morgan fingerprint density at radius 2 is 1.52 bits per heavy atom. The van der Waals surface area contributed by atoms with Crippen LogP contribution in [0.25, 0.3) is 0 Å². The Bertz CT molecular complexity index is 447. The van der Waals surface area contributed by atoms with E-state index in [0.29, 0.717) is 0 Å². The molecule has 0 aromatic heterocycles. The minimum atomic E-state index is 0.763. The van der Waals surface area contributed by atoms with Gasteiger partial charge < -0.3 is 5.32 Å². The van der Waals surface area contributed by atoms with E-state index in [1.54, 1.807) is 6.42 Å². The molecule has 114 valence electrons. The molecule has 1 heteroatoms. The molecule has 0 heterocycles.